The van der Waals surface area contributed by atoms with Crippen LogP contribution in [-0.4, -0.2) is 59.8 Å². The number of ether oxygens (including phenoxy) is 1. The average molecular weight is 424 g/mol. The standard InChI is InChI=1S/C26H37N3O2/c1-9-23(22-14-12-11-13-15-22)24(20(4)27-10-2)21(5)28-16-17-29(19(3)18-28)25(30)26(6,7)31-8/h9-15,19H,2,16-18H2,1,3-8H3/b23-9-,24-21-,27-20?. The molecule has 1 saturated heterocycles. The normalized spacial score (nSPS) is 19.3. The van der Waals surface area contributed by atoms with E-state index in [1.807, 2.05) is 31.7 Å². The van der Waals surface area contributed by atoms with Crippen molar-refractivity contribution in [3.05, 3.63) is 66.0 Å². The number of methoxy groups -OCH3 is 1. The van der Waals surface area contributed by atoms with Crippen LogP contribution in [0.5, 0.6) is 0 Å². The van der Waals surface area contributed by atoms with Crippen molar-refractivity contribution in [1.29, 1.82) is 0 Å². The molecule has 1 aliphatic heterocycles. The van der Waals surface area contributed by atoms with Crippen molar-refractivity contribution >= 4 is 17.2 Å². The molecule has 5 heteroatoms. The summed E-state index contributed by atoms with van der Waals surface area (Å²) >= 11 is 0. The maximum absolute atomic E-state index is 12.9. The zero-order valence-electron chi connectivity index (χ0n) is 20.1. The molecule has 2 rings (SSSR count). The van der Waals surface area contributed by atoms with Crippen molar-refractivity contribution in [2.75, 3.05) is 26.7 Å². The van der Waals surface area contributed by atoms with Gasteiger partial charge in [-0.3, -0.25) is 9.79 Å². The van der Waals surface area contributed by atoms with Gasteiger partial charge in [0.25, 0.3) is 5.91 Å². The van der Waals surface area contributed by atoms with Crippen molar-refractivity contribution in [3.63, 3.8) is 0 Å². The molecule has 0 N–H and O–H groups in total. The zero-order chi connectivity index (χ0) is 23.2. The molecule has 0 saturated carbocycles. The van der Waals surface area contributed by atoms with Gasteiger partial charge in [-0.2, -0.15) is 0 Å². The van der Waals surface area contributed by atoms with Gasteiger partial charge >= 0.3 is 0 Å². The second-order valence-electron chi connectivity index (χ2n) is 8.43. The second kappa shape index (κ2) is 10.6. The van der Waals surface area contributed by atoms with E-state index in [1.165, 1.54) is 0 Å². The van der Waals surface area contributed by atoms with Crippen LogP contribution in [0, 0.1) is 0 Å². The minimum Gasteiger partial charge on any atom is -0.371 e. The molecule has 31 heavy (non-hydrogen) atoms. The summed E-state index contributed by atoms with van der Waals surface area (Å²) in [7, 11) is 1.59. The summed E-state index contributed by atoms with van der Waals surface area (Å²) < 4.78 is 5.42. The van der Waals surface area contributed by atoms with Crippen molar-refractivity contribution in [2.45, 2.75) is 53.2 Å². The first-order chi connectivity index (χ1) is 14.7. The predicted molar refractivity (Wildman–Crippen MR) is 130 cm³/mol. The highest BCUT2D eigenvalue weighted by Crippen LogP contribution is 2.30. The molecule has 1 aromatic rings. The topological polar surface area (TPSA) is 45.1 Å². The minimum atomic E-state index is -0.814. The number of hydrogen-bond acceptors (Lipinski definition) is 4. The summed E-state index contributed by atoms with van der Waals surface area (Å²) in [5, 5.41) is 0. The molecule has 1 fully saturated rings. The zero-order valence-corrected chi connectivity index (χ0v) is 20.1. The lowest BCUT2D eigenvalue weighted by molar-refractivity contribution is -0.155. The Morgan fingerprint density at radius 1 is 1.23 bits per heavy atom. The molecule has 1 unspecified atom stereocenters. The molecule has 168 valence electrons. The van der Waals surface area contributed by atoms with Gasteiger partial charge in [0.15, 0.2) is 0 Å². The maximum atomic E-state index is 12.9. The number of hydrogen-bond donors (Lipinski definition) is 0. The van der Waals surface area contributed by atoms with Gasteiger partial charge in [0.1, 0.15) is 5.60 Å². The van der Waals surface area contributed by atoms with Gasteiger partial charge in [-0.05, 0) is 52.7 Å². The Kier molecular flexibility index (Phi) is 8.40. The SMILES string of the molecule is C=CN=C(C)C(/C(=C\C)c1ccccc1)=C(\C)N1CCN(C(=O)C(C)(C)OC)C(C)C1. The van der Waals surface area contributed by atoms with E-state index in [0.717, 1.165) is 41.2 Å². The number of carbonyl (C=O) groups excluding carboxylic acids is 1. The van der Waals surface area contributed by atoms with Crippen molar-refractivity contribution < 1.29 is 9.53 Å². The summed E-state index contributed by atoms with van der Waals surface area (Å²) in [6, 6.07) is 10.4. The third-order valence-corrected chi connectivity index (χ3v) is 6.04. The second-order valence-corrected chi connectivity index (χ2v) is 8.43. The van der Waals surface area contributed by atoms with Crippen LogP contribution in [0.1, 0.15) is 47.1 Å². The van der Waals surface area contributed by atoms with Crippen molar-refractivity contribution in [1.82, 2.24) is 9.80 Å². The number of allylic oxidation sites excluding steroid dienone is 4. The number of aliphatic imine (C=N–C) groups is 1. The molecule has 5 nitrogen and oxygen atoms in total. The van der Waals surface area contributed by atoms with Crippen molar-refractivity contribution in [2.24, 2.45) is 4.99 Å². The Bertz CT molecular complexity index is 881. The van der Waals surface area contributed by atoms with Crippen molar-refractivity contribution in [3.8, 4) is 0 Å². The van der Waals surface area contributed by atoms with Crippen LogP contribution in [0.4, 0.5) is 0 Å². The molecular formula is C26H37N3O2. The van der Waals surface area contributed by atoms with E-state index in [0.29, 0.717) is 6.54 Å². The molecule has 0 aliphatic carbocycles. The highest BCUT2D eigenvalue weighted by atomic mass is 16.5. The molecular weight excluding hydrogens is 386 g/mol. The largest absolute Gasteiger partial charge is 0.371 e. The van der Waals surface area contributed by atoms with E-state index in [-0.39, 0.29) is 11.9 Å². The summed E-state index contributed by atoms with van der Waals surface area (Å²) in [5.41, 5.74) is 4.68. The Labute approximate surface area is 187 Å². The first kappa shape index (κ1) is 24.6. The fraction of sp³-hybridized carbons (Fsp3) is 0.462. The first-order valence-corrected chi connectivity index (χ1v) is 10.9. The maximum Gasteiger partial charge on any atom is 0.254 e. The van der Waals surface area contributed by atoms with Gasteiger partial charge in [-0.25, -0.2) is 0 Å². The summed E-state index contributed by atoms with van der Waals surface area (Å²) in [6.45, 7) is 17.9. The lowest BCUT2D eigenvalue weighted by Crippen LogP contribution is -2.58. The number of carbonyl (C=O) groups is 1. The predicted octanol–water partition coefficient (Wildman–Crippen LogP) is 4.93. The van der Waals surface area contributed by atoms with Gasteiger partial charge in [0.2, 0.25) is 0 Å². The highest BCUT2D eigenvalue weighted by Gasteiger charge is 2.37. The van der Waals surface area contributed by atoms with E-state index >= 15 is 0 Å². The molecule has 0 aromatic heterocycles. The third kappa shape index (κ3) is 5.53. The molecule has 1 aliphatic rings. The number of piperazine rings is 1. The summed E-state index contributed by atoms with van der Waals surface area (Å²) in [6.07, 6.45) is 3.73. The van der Waals surface area contributed by atoms with Gasteiger partial charge in [-0.1, -0.05) is 43.0 Å². The number of benzene rings is 1. The lowest BCUT2D eigenvalue weighted by atomic mass is 9.92. The van der Waals surface area contributed by atoms with Crippen LogP contribution < -0.4 is 0 Å². The van der Waals surface area contributed by atoms with E-state index < -0.39 is 5.60 Å². The van der Waals surface area contributed by atoms with Crippen LogP contribution in [0.2, 0.25) is 0 Å². The van der Waals surface area contributed by atoms with Gasteiger partial charge in [-0.15, -0.1) is 0 Å². The monoisotopic (exact) mass is 423 g/mol. The highest BCUT2D eigenvalue weighted by molar-refractivity contribution is 6.12. The summed E-state index contributed by atoms with van der Waals surface area (Å²) in [4.78, 5) is 21.7. The van der Waals surface area contributed by atoms with Crippen LogP contribution in [0.3, 0.4) is 0 Å². The average Bonchev–Trinajstić information content (AvgIpc) is 2.77. The minimum absolute atomic E-state index is 0.0341. The van der Waals surface area contributed by atoms with Gasteiger partial charge in [0.05, 0.1) is 0 Å². The lowest BCUT2D eigenvalue weighted by Gasteiger charge is -2.44. The molecule has 0 radical (unpaired) electrons. The molecule has 0 bridgehead atoms. The van der Waals surface area contributed by atoms with E-state index in [1.54, 1.807) is 13.3 Å². The number of rotatable bonds is 7. The Balaban J connectivity index is 2.41. The van der Waals surface area contributed by atoms with Crippen LogP contribution in [-0.2, 0) is 9.53 Å². The van der Waals surface area contributed by atoms with Crippen LogP contribution in [0.25, 0.3) is 5.57 Å². The Morgan fingerprint density at radius 3 is 2.39 bits per heavy atom. The summed E-state index contributed by atoms with van der Waals surface area (Å²) in [5.74, 6) is 0.0341. The quantitative estimate of drug-likeness (QED) is 0.462. The van der Waals surface area contributed by atoms with E-state index in [9.17, 15) is 4.79 Å². The fourth-order valence-corrected chi connectivity index (χ4v) is 4.08. The van der Waals surface area contributed by atoms with Gasteiger partial charge in [0, 0.05) is 56.0 Å². The third-order valence-electron chi connectivity index (χ3n) is 6.04. The Morgan fingerprint density at radius 2 is 1.87 bits per heavy atom. The molecule has 1 amide bonds. The molecule has 1 atom stereocenters. The molecule has 0 spiro atoms. The van der Waals surface area contributed by atoms with Crippen LogP contribution >= 0.6 is 0 Å². The smallest absolute Gasteiger partial charge is 0.254 e. The molecule has 1 heterocycles. The Hall–Kier alpha value is -2.66. The number of nitrogens with zero attached hydrogens (tertiary/aromatic N) is 3. The molecule has 1 aromatic carbocycles. The van der Waals surface area contributed by atoms with Crippen LogP contribution in [0.15, 0.2) is 65.4 Å². The van der Waals surface area contributed by atoms with Gasteiger partial charge < -0.3 is 14.5 Å². The number of amides is 1. The van der Waals surface area contributed by atoms with E-state index in [2.05, 4.69) is 67.6 Å². The first-order valence-electron chi connectivity index (χ1n) is 10.9. The van der Waals surface area contributed by atoms with E-state index in [4.69, 9.17) is 4.74 Å². The fourth-order valence-electron chi connectivity index (χ4n) is 4.08.